The van der Waals surface area contributed by atoms with Crippen LogP contribution in [-0.4, -0.2) is 48.9 Å². The van der Waals surface area contributed by atoms with E-state index in [-0.39, 0.29) is 36.8 Å². The maximum atomic E-state index is 14.8. The molecule has 1 N–H and O–H groups in total. The highest BCUT2D eigenvalue weighted by atomic mass is 28.3. The molecule has 1 aliphatic rings. The van der Waals surface area contributed by atoms with Gasteiger partial charge in [0.15, 0.2) is 5.78 Å². The van der Waals surface area contributed by atoms with Gasteiger partial charge in [0.25, 0.3) is 0 Å². The van der Waals surface area contributed by atoms with Gasteiger partial charge in [-0.15, -0.1) is 0 Å². The summed E-state index contributed by atoms with van der Waals surface area (Å²) in [5, 5.41) is 9.58. The fourth-order valence-corrected chi connectivity index (χ4v) is 6.12. The zero-order valence-electron chi connectivity index (χ0n) is 21.6. The van der Waals surface area contributed by atoms with Gasteiger partial charge in [0.2, 0.25) is 5.91 Å². The van der Waals surface area contributed by atoms with Crippen LogP contribution in [0.2, 0.25) is 19.6 Å². The molecule has 0 radical (unpaired) electrons. The first-order chi connectivity index (χ1) is 17.0. The predicted molar refractivity (Wildman–Crippen MR) is 140 cm³/mol. The molecule has 194 valence electrons. The van der Waals surface area contributed by atoms with Crippen LogP contribution in [0.15, 0.2) is 36.4 Å². The number of carboxylic acid groups (broad SMARTS) is 1. The molecule has 1 atom stereocenters. The van der Waals surface area contributed by atoms with E-state index in [9.17, 15) is 18.8 Å². The summed E-state index contributed by atoms with van der Waals surface area (Å²) in [5.74, 6) is -0.784. The lowest BCUT2D eigenvalue weighted by Gasteiger charge is -2.37. The second kappa shape index (κ2) is 11.8. The molecule has 36 heavy (non-hydrogen) atoms. The minimum absolute atomic E-state index is 0.0116. The second-order valence-electron chi connectivity index (χ2n) is 10.3. The third kappa shape index (κ3) is 6.81. The molecule has 2 aromatic rings. The maximum Gasteiger partial charge on any atom is 0.303 e. The minimum atomic E-state index is -1.84. The average molecular weight is 514 g/mol. The van der Waals surface area contributed by atoms with E-state index in [1.165, 1.54) is 6.07 Å². The van der Waals surface area contributed by atoms with Gasteiger partial charge in [-0.05, 0) is 66.3 Å². The number of ether oxygens (including phenoxy) is 1. The van der Waals surface area contributed by atoms with E-state index in [1.54, 1.807) is 11.0 Å². The molecule has 0 spiro atoms. The molecule has 0 fully saturated rings. The normalized spacial score (nSPS) is 15.4. The van der Waals surface area contributed by atoms with Gasteiger partial charge < -0.3 is 14.7 Å². The number of benzene rings is 2. The number of aliphatic carboxylic acids is 1. The van der Waals surface area contributed by atoms with E-state index in [1.807, 2.05) is 31.2 Å². The van der Waals surface area contributed by atoms with Crippen molar-refractivity contribution < 1.29 is 28.6 Å². The van der Waals surface area contributed by atoms with E-state index in [0.29, 0.717) is 38.0 Å². The third-order valence-electron chi connectivity index (χ3n) is 6.53. The summed E-state index contributed by atoms with van der Waals surface area (Å²) >= 11 is 0. The summed E-state index contributed by atoms with van der Waals surface area (Å²) in [5.41, 5.74) is 2.33. The van der Waals surface area contributed by atoms with E-state index < -0.39 is 20.1 Å². The Bertz CT molecular complexity index is 1130. The van der Waals surface area contributed by atoms with Gasteiger partial charge in [0.1, 0.15) is 17.6 Å². The number of fused-ring (bicyclic) bond motifs is 1. The van der Waals surface area contributed by atoms with Crippen molar-refractivity contribution in [2.75, 3.05) is 13.2 Å². The van der Waals surface area contributed by atoms with Crippen LogP contribution in [0.5, 0.6) is 5.75 Å². The largest absolute Gasteiger partial charge is 0.494 e. The van der Waals surface area contributed by atoms with Crippen molar-refractivity contribution in [1.82, 2.24) is 4.90 Å². The number of carbonyl (C=O) groups excluding carboxylic acids is 2. The molecule has 0 unspecified atom stereocenters. The fourth-order valence-electron chi connectivity index (χ4n) is 4.75. The topological polar surface area (TPSA) is 83.9 Å². The molecule has 0 saturated heterocycles. The van der Waals surface area contributed by atoms with Crippen LogP contribution >= 0.6 is 0 Å². The summed E-state index contributed by atoms with van der Waals surface area (Å²) in [4.78, 5) is 39.2. The Labute approximate surface area is 213 Å². The first-order valence-corrected chi connectivity index (χ1v) is 16.1. The molecular formula is C28H36FNO5Si. The molecule has 1 aliphatic heterocycles. The second-order valence-corrected chi connectivity index (χ2v) is 15.4. The number of Topliss-reactive ketones (excluding diaryl/α,β-unsaturated/α-hetero) is 1. The fraction of sp³-hybridized carbons (Fsp3) is 0.464. The molecule has 0 aromatic heterocycles. The molecule has 1 amide bonds. The maximum absolute atomic E-state index is 14.8. The Morgan fingerprint density at radius 1 is 1.08 bits per heavy atom. The molecule has 1 heterocycles. The van der Waals surface area contributed by atoms with Crippen molar-refractivity contribution >= 4 is 30.9 Å². The summed E-state index contributed by atoms with van der Waals surface area (Å²) in [6.45, 7) is 9.05. The first kappa shape index (κ1) is 27.6. The number of hydrogen-bond donors (Lipinski definition) is 1. The van der Waals surface area contributed by atoms with Crippen molar-refractivity contribution in [2.45, 2.75) is 71.1 Å². The van der Waals surface area contributed by atoms with Crippen LogP contribution in [0.3, 0.4) is 0 Å². The van der Waals surface area contributed by atoms with Gasteiger partial charge in [0.05, 0.1) is 14.7 Å². The summed E-state index contributed by atoms with van der Waals surface area (Å²) < 4.78 is 20.5. The Balaban J connectivity index is 1.87. The van der Waals surface area contributed by atoms with Crippen LogP contribution in [0.1, 0.15) is 55.3 Å². The number of nitrogens with zero attached hydrogens (tertiary/aromatic N) is 1. The SMILES string of the molecule is CCOc1ccc2c(c1)CCN(C(=O)CCCCC(=O)O)[C@H]2C(=O)Cc1ccc([Si](C)(C)C)c(F)c1. The Hall–Kier alpha value is -3.00. The monoisotopic (exact) mass is 513 g/mol. The van der Waals surface area contributed by atoms with Crippen molar-refractivity contribution in [1.29, 1.82) is 0 Å². The van der Waals surface area contributed by atoms with E-state index in [4.69, 9.17) is 9.84 Å². The Morgan fingerprint density at radius 3 is 2.44 bits per heavy atom. The lowest BCUT2D eigenvalue weighted by atomic mass is 9.87. The van der Waals surface area contributed by atoms with Crippen LogP contribution in [-0.2, 0) is 27.2 Å². The quantitative estimate of drug-likeness (QED) is 0.349. The van der Waals surface area contributed by atoms with Crippen molar-refractivity contribution in [2.24, 2.45) is 0 Å². The highest BCUT2D eigenvalue weighted by Crippen LogP contribution is 2.34. The molecule has 6 nitrogen and oxygen atoms in total. The van der Waals surface area contributed by atoms with Crippen LogP contribution in [0.25, 0.3) is 0 Å². The van der Waals surface area contributed by atoms with Crippen LogP contribution in [0.4, 0.5) is 4.39 Å². The standard InChI is InChI=1S/C28H36FNO5Si/c1-5-35-21-11-12-22-20(18-21)14-15-30(26(32)8-6-7-9-27(33)34)28(22)24(31)17-19-10-13-25(23(29)16-19)36(2,3)4/h10-13,16,18,28H,5-9,14-15,17H2,1-4H3,(H,33,34)/t28-/m1/s1. The third-order valence-corrected chi connectivity index (χ3v) is 8.55. The Morgan fingerprint density at radius 2 is 1.81 bits per heavy atom. The first-order valence-electron chi connectivity index (χ1n) is 12.6. The van der Waals surface area contributed by atoms with Gasteiger partial charge >= 0.3 is 5.97 Å². The van der Waals surface area contributed by atoms with Gasteiger partial charge in [0, 0.05) is 25.8 Å². The number of rotatable bonds is 11. The highest BCUT2D eigenvalue weighted by Gasteiger charge is 2.35. The molecule has 0 saturated carbocycles. The number of unbranched alkanes of at least 4 members (excludes halogenated alkanes) is 1. The summed E-state index contributed by atoms with van der Waals surface area (Å²) in [6, 6.07) is 9.87. The zero-order valence-corrected chi connectivity index (χ0v) is 22.6. The number of halogens is 1. The lowest BCUT2D eigenvalue weighted by molar-refractivity contribution is -0.140. The van der Waals surface area contributed by atoms with Gasteiger partial charge in [-0.3, -0.25) is 14.4 Å². The molecule has 3 rings (SSSR count). The minimum Gasteiger partial charge on any atom is -0.494 e. The average Bonchev–Trinajstić information content (AvgIpc) is 2.80. The molecule has 8 heteroatoms. The van der Waals surface area contributed by atoms with Gasteiger partial charge in [-0.25, -0.2) is 4.39 Å². The van der Waals surface area contributed by atoms with Crippen LogP contribution < -0.4 is 9.92 Å². The molecule has 2 aromatic carbocycles. The molecule has 0 bridgehead atoms. The summed E-state index contributed by atoms with van der Waals surface area (Å²) in [7, 11) is -1.84. The smallest absolute Gasteiger partial charge is 0.303 e. The Kier molecular flexibility index (Phi) is 9.06. The van der Waals surface area contributed by atoms with Crippen LogP contribution in [0, 0.1) is 5.82 Å². The number of hydrogen-bond acceptors (Lipinski definition) is 4. The van der Waals surface area contributed by atoms with E-state index >= 15 is 0 Å². The summed E-state index contributed by atoms with van der Waals surface area (Å²) in [6.07, 6.45) is 1.66. The number of amides is 1. The van der Waals surface area contributed by atoms with Gasteiger partial charge in [-0.1, -0.05) is 37.8 Å². The zero-order chi connectivity index (χ0) is 26.5. The highest BCUT2D eigenvalue weighted by molar-refractivity contribution is 6.88. The van der Waals surface area contributed by atoms with Crippen molar-refractivity contribution in [3.05, 3.63) is 58.9 Å². The molecule has 0 aliphatic carbocycles. The molecular weight excluding hydrogens is 477 g/mol. The predicted octanol–water partition coefficient (Wildman–Crippen LogP) is 4.65. The number of ketones is 1. The number of carbonyl (C=O) groups is 3. The lowest BCUT2D eigenvalue weighted by Crippen LogP contribution is -2.44. The van der Waals surface area contributed by atoms with Gasteiger partial charge in [-0.2, -0.15) is 0 Å². The van der Waals surface area contributed by atoms with E-state index in [2.05, 4.69) is 19.6 Å². The van der Waals surface area contributed by atoms with Crippen molar-refractivity contribution in [3.8, 4) is 5.75 Å². The van der Waals surface area contributed by atoms with E-state index in [0.717, 1.165) is 22.1 Å². The van der Waals surface area contributed by atoms with Crippen molar-refractivity contribution in [3.63, 3.8) is 0 Å². The number of carboxylic acids is 1.